The van der Waals surface area contributed by atoms with Crippen molar-refractivity contribution in [1.82, 2.24) is 19.9 Å². The third kappa shape index (κ3) is 6.26. The summed E-state index contributed by atoms with van der Waals surface area (Å²) in [6.45, 7) is 0. The maximum atomic E-state index is 5.15. The lowest BCUT2D eigenvalue weighted by Crippen LogP contribution is -1.96. The number of nitrogens with zero attached hydrogens (tertiary/aromatic N) is 4. The number of benzene rings is 6. The van der Waals surface area contributed by atoms with Crippen LogP contribution in [0.2, 0.25) is 0 Å². The molecule has 0 aliphatic heterocycles. The summed E-state index contributed by atoms with van der Waals surface area (Å²) >= 11 is 0. The van der Waals surface area contributed by atoms with Gasteiger partial charge in [0.15, 0.2) is 5.82 Å². The lowest BCUT2D eigenvalue weighted by molar-refractivity contribution is 1.22. The largest absolute Gasteiger partial charge is 0.265 e. The molecule has 0 radical (unpaired) electrons. The number of hydrogen-bond acceptors (Lipinski definition) is 4. The molecule has 0 saturated heterocycles. The zero-order chi connectivity index (χ0) is 34.7. The second-order valence-electron chi connectivity index (χ2n) is 12.8. The molecule has 9 aromatic rings. The van der Waals surface area contributed by atoms with Crippen molar-refractivity contribution in [3.05, 3.63) is 195 Å². The average Bonchev–Trinajstić information content (AvgIpc) is 3.24. The summed E-state index contributed by atoms with van der Waals surface area (Å²) < 4.78 is 0. The van der Waals surface area contributed by atoms with E-state index in [1.165, 1.54) is 27.8 Å². The minimum atomic E-state index is 0.676. The molecule has 0 fully saturated rings. The lowest BCUT2D eigenvalue weighted by Gasteiger charge is -2.12. The van der Waals surface area contributed by atoms with Crippen LogP contribution in [-0.2, 0) is 0 Å². The first-order valence-corrected chi connectivity index (χ1v) is 17.4. The number of fused-ring (bicyclic) bond motifs is 1. The van der Waals surface area contributed by atoms with Crippen molar-refractivity contribution in [2.75, 3.05) is 0 Å². The molecule has 0 aliphatic carbocycles. The van der Waals surface area contributed by atoms with E-state index in [2.05, 4.69) is 145 Å². The van der Waals surface area contributed by atoms with Gasteiger partial charge in [-0.3, -0.25) is 9.97 Å². The number of hydrogen-bond donors (Lipinski definition) is 0. The monoisotopic (exact) mass is 664 g/mol. The van der Waals surface area contributed by atoms with E-state index in [0.29, 0.717) is 5.82 Å². The Morgan fingerprint density at radius 2 is 0.827 bits per heavy atom. The SMILES string of the molecule is c1ccc(-c2cccc(-c3cccc(-c4cccc(-c5cccc(-c6nc(-c7ccc(-c8ccncc8)nc7)c7ccccc7n6)c5)c4)c3)c2)cc1. The van der Waals surface area contributed by atoms with Gasteiger partial charge in [-0.1, -0.05) is 121 Å². The maximum Gasteiger partial charge on any atom is 0.160 e. The summed E-state index contributed by atoms with van der Waals surface area (Å²) in [5.41, 5.74) is 14.9. The first-order valence-electron chi connectivity index (χ1n) is 17.4. The molecule has 4 heteroatoms. The summed E-state index contributed by atoms with van der Waals surface area (Å²) in [6, 6.07) is 61.5. The smallest absolute Gasteiger partial charge is 0.160 e. The van der Waals surface area contributed by atoms with Crippen LogP contribution in [0.25, 0.3) is 89.3 Å². The predicted molar refractivity (Wildman–Crippen MR) is 213 cm³/mol. The molecule has 3 heterocycles. The predicted octanol–water partition coefficient (Wildman–Crippen LogP) is 12.1. The van der Waals surface area contributed by atoms with E-state index in [-0.39, 0.29) is 0 Å². The molecular formula is C48H32N4. The van der Waals surface area contributed by atoms with Gasteiger partial charge in [-0.2, -0.15) is 0 Å². The molecular weight excluding hydrogens is 633 g/mol. The lowest BCUT2D eigenvalue weighted by atomic mass is 9.94. The second-order valence-corrected chi connectivity index (χ2v) is 12.8. The molecule has 9 rings (SSSR count). The molecule has 0 atom stereocenters. The Balaban J connectivity index is 1.04. The van der Waals surface area contributed by atoms with Crippen LogP contribution in [0, 0.1) is 0 Å². The van der Waals surface area contributed by atoms with Gasteiger partial charge in [-0.25, -0.2) is 9.97 Å². The molecule has 4 nitrogen and oxygen atoms in total. The molecule has 0 bridgehead atoms. The summed E-state index contributed by atoms with van der Waals surface area (Å²) in [6.07, 6.45) is 5.46. The van der Waals surface area contributed by atoms with E-state index in [9.17, 15) is 0 Å². The van der Waals surface area contributed by atoms with E-state index < -0.39 is 0 Å². The first kappa shape index (κ1) is 31.0. The molecule has 0 spiro atoms. The zero-order valence-electron chi connectivity index (χ0n) is 28.3. The van der Waals surface area contributed by atoms with Crippen LogP contribution in [0.4, 0.5) is 0 Å². The number of pyridine rings is 2. The molecule has 0 amide bonds. The minimum absolute atomic E-state index is 0.676. The minimum Gasteiger partial charge on any atom is -0.265 e. The van der Waals surface area contributed by atoms with E-state index in [4.69, 9.17) is 15.0 Å². The standard InChI is InChI=1S/C48H32N4/c1-2-10-33(11-3-1)35-12-6-13-36(28-35)37-14-7-15-38(29-37)39-16-8-17-40(30-39)41-18-9-19-42(31-41)48-51-46-21-5-4-20-44(46)47(52-48)43-22-23-45(50-32-43)34-24-26-49-27-25-34/h1-32H. The highest BCUT2D eigenvalue weighted by Gasteiger charge is 2.14. The normalized spacial score (nSPS) is 11.1. The highest BCUT2D eigenvalue weighted by molar-refractivity contribution is 5.94. The topological polar surface area (TPSA) is 51.6 Å². The highest BCUT2D eigenvalue weighted by atomic mass is 14.9. The quantitative estimate of drug-likeness (QED) is 0.170. The fraction of sp³-hybridized carbons (Fsp3) is 0. The van der Waals surface area contributed by atoms with Crippen LogP contribution < -0.4 is 0 Å². The highest BCUT2D eigenvalue weighted by Crippen LogP contribution is 2.34. The van der Waals surface area contributed by atoms with Gasteiger partial charge < -0.3 is 0 Å². The van der Waals surface area contributed by atoms with Crippen molar-refractivity contribution >= 4 is 10.9 Å². The van der Waals surface area contributed by atoms with Crippen LogP contribution in [0.3, 0.4) is 0 Å². The maximum absolute atomic E-state index is 5.15. The van der Waals surface area contributed by atoms with Gasteiger partial charge in [-0.15, -0.1) is 0 Å². The third-order valence-electron chi connectivity index (χ3n) is 9.43. The Hall–Kier alpha value is -7.04. The van der Waals surface area contributed by atoms with Crippen LogP contribution >= 0.6 is 0 Å². The summed E-state index contributed by atoms with van der Waals surface area (Å²) in [5, 5.41) is 0.989. The fourth-order valence-electron chi connectivity index (χ4n) is 6.76. The van der Waals surface area contributed by atoms with Crippen molar-refractivity contribution in [2.24, 2.45) is 0 Å². The Morgan fingerprint density at radius 3 is 1.40 bits per heavy atom. The van der Waals surface area contributed by atoms with E-state index in [1.807, 2.05) is 42.6 Å². The number of rotatable bonds is 7. The van der Waals surface area contributed by atoms with Crippen LogP contribution in [-0.4, -0.2) is 19.9 Å². The molecule has 0 saturated carbocycles. The van der Waals surface area contributed by atoms with Gasteiger partial charge in [0.1, 0.15) is 0 Å². The average molecular weight is 665 g/mol. The van der Waals surface area contributed by atoms with Crippen molar-refractivity contribution in [3.63, 3.8) is 0 Å². The van der Waals surface area contributed by atoms with Gasteiger partial charge in [-0.05, 0) is 99.1 Å². The van der Waals surface area contributed by atoms with Crippen molar-refractivity contribution < 1.29 is 0 Å². The summed E-state index contributed by atoms with van der Waals surface area (Å²) in [4.78, 5) is 19.1. The van der Waals surface area contributed by atoms with Crippen LogP contribution in [0.15, 0.2) is 195 Å². The zero-order valence-corrected chi connectivity index (χ0v) is 28.3. The molecule has 6 aromatic carbocycles. The van der Waals surface area contributed by atoms with Crippen molar-refractivity contribution in [2.45, 2.75) is 0 Å². The molecule has 244 valence electrons. The van der Waals surface area contributed by atoms with Gasteiger partial charge in [0.25, 0.3) is 0 Å². The van der Waals surface area contributed by atoms with Gasteiger partial charge in [0.05, 0.1) is 16.9 Å². The molecule has 0 N–H and O–H groups in total. The van der Waals surface area contributed by atoms with E-state index in [0.717, 1.165) is 55.7 Å². The Kier molecular flexibility index (Phi) is 8.16. The van der Waals surface area contributed by atoms with Gasteiger partial charge in [0, 0.05) is 40.7 Å². The number of para-hydroxylation sites is 1. The molecule has 3 aromatic heterocycles. The first-order chi connectivity index (χ1) is 25.7. The van der Waals surface area contributed by atoms with Crippen LogP contribution in [0.1, 0.15) is 0 Å². The molecule has 0 aliphatic rings. The number of aromatic nitrogens is 4. The summed E-state index contributed by atoms with van der Waals surface area (Å²) in [7, 11) is 0. The van der Waals surface area contributed by atoms with Gasteiger partial charge in [0.2, 0.25) is 0 Å². The molecule has 52 heavy (non-hydrogen) atoms. The fourth-order valence-corrected chi connectivity index (χ4v) is 6.76. The van der Waals surface area contributed by atoms with Gasteiger partial charge >= 0.3 is 0 Å². The van der Waals surface area contributed by atoms with Crippen LogP contribution in [0.5, 0.6) is 0 Å². The Labute approximate surface area is 302 Å². The second kappa shape index (κ2) is 13.7. The van der Waals surface area contributed by atoms with E-state index >= 15 is 0 Å². The Bertz CT molecular complexity index is 2670. The molecule has 0 unspecified atom stereocenters. The van der Waals surface area contributed by atoms with Crippen molar-refractivity contribution in [1.29, 1.82) is 0 Å². The third-order valence-corrected chi connectivity index (χ3v) is 9.43. The summed E-state index contributed by atoms with van der Waals surface area (Å²) in [5.74, 6) is 0.676. The Morgan fingerprint density at radius 1 is 0.327 bits per heavy atom. The van der Waals surface area contributed by atoms with E-state index in [1.54, 1.807) is 12.4 Å². The van der Waals surface area contributed by atoms with Crippen molar-refractivity contribution in [3.8, 4) is 78.4 Å².